The third-order valence-electron chi connectivity index (χ3n) is 11.1. The number of fused-ring (bicyclic) bond motifs is 3. The summed E-state index contributed by atoms with van der Waals surface area (Å²) in [6, 6.07) is 31.8. The molecule has 5 aromatic heterocycles. The number of benzene rings is 4. The molecule has 0 saturated carbocycles. The fraction of sp³-hybridized carbons (Fsp3) is 0.204. The number of aromatic hydroxyl groups is 4. The zero-order valence-corrected chi connectivity index (χ0v) is 34.6. The van der Waals surface area contributed by atoms with Crippen LogP contribution >= 0.6 is 0 Å². The lowest BCUT2D eigenvalue weighted by Crippen LogP contribution is -2.09. The summed E-state index contributed by atoms with van der Waals surface area (Å²) < 4.78 is 3.44. The van der Waals surface area contributed by atoms with Crippen LogP contribution in [0.3, 0.4) is 0 Å². The van der Waals surface area contributed by atoms with Crippen molar-refractivity contribution in [2.45, 2.75) is 64.7 Å². The van der Waals surface area contributed by atoms with Crippen LogP contribution in [0.4, 0.5) is 0 Å². The second-order valence-corrected chi connectivity index (χ2v) is 15.6. The molecule has 5 heterocycles. The van der Waals surface area contributed by atoms with E-state index in [1.54, 1.807) is 51.4 Å². The van der Waals surface area contributed by atoms with Crippen molar-refractivity contribution >= 4 is 28.0 Å². The Morgan fingerprint density at radius 2 is 1.29 bits per heavy atom. The van der Waals surface area contributed by atoms with E-state index in [4.69, 9.17) is 31.1 Å². The van der Waals surface area contributed by atoms with Gasteiger partial charge in [-0.1, -0.05) is 74.5 Å². The van der Waals surface area contributed by atoms with E-state index < -0.39 is 0 Å². The summed E-state index contributed by atoms with van der Waals surface area (Å²) in [7, 11) is 0. The van der Waals surface area contributed by atoms with Gasteiger partial charge in [0.1, 0.15) is 22.9 Å². The van der Waals surface area contributed by atoms with Crippen LogP contribution in [0.1, 0.15) is 79.4 Å². The minimum atomic E-state index is 0.0600. The molecular formula is C49H49N9O4. The Hall–Kier alpha value is -7.67. The Morgan fingerprint density at radius 1 is 0.677 bits per heavy atom. The Labute approximate surface area is 358 Å². The van der Waals surface area contributed by atoms with Gasteiger partial charge in [-0.2, -0.15) is 0 Å². The molecule has 8 N–H and O–H groups in total. The molecule has 0 amide bonds. The van der Waals surface area contributed by atoms with Crippen LogP contribution in [0, 0.1) is 5.41 Å². The maximum absolute atomic E-state index is 11.0. The number of unbranched alkanes of at least 4 members (excludes halogenated alkanes) is 1. The maximum atomic E-state index is 11.0. The van der Waals surface area contributed by atoms with Crippen molar-refractivity contribution in [3.63, 3.8) is 0 Å². The van der Waals surface area contributed by atoms with E-state index >= 15 is 0 Å². The van der Waals surface area contributed by atoms with Crippen LogP contribution in [0.15, 0.2) is 122 Å². The van der Waals surface area contributed by atoms with Gasteiger partial charge in [0.25, 0.3) is 0 Å². The number of aromatic nitrogens is 7. The van der Waals surface area contributed by atoms with Crippen molar-refractivity contribution in [3.8, 4) is 45.8 Å². The number of aromatic amines is 1. The summed E-state index contributed by atoms with van der Waals surface area (Å²) in [5.41, 5.74) is 16.0. The van der Waals surface area contributed by atoms with E-state index in [1.807, 2.05) is 73.1 Å². The quantitative estimate of drug-likeness (QED) is 0.0335. The summed E-state index contributed by atoms with van der Waals surface area (Å²) in [6.45, 7) is 4.16. The average molecular weight is 828 g/mol. The number of phenols is 2. The molecule has 4 aromatic carbocycles. The van der Waals surface area contributed by atoms with E-state index in [1.165, 1.54) is 0 Å². The Morgan fingerprint density at radius 3 is 2.02 bits per heavy atom. The lowest BCUT2D eigenvalue weighted by Gasteiger charge is -2.08. The van der Waals surface area contributed by atoms with Gasteiger partial charge >= 0.3 is 0 Å². The van der Waals surface area contributed by atoms with Gasteiger partial charge < -0.3 is 31.1 Å². The van der Waals surface area contributed by atoms with Crippen molar-refractivity contribution in [1.29, 1.82) is 5.41 Å². The topological polar surface area (TPSA) is 207 Å². The molecule has 314 valence electrons. The Kier molecular flexibility index (Phi) is 11.9. The van der Waals surface area contributed by atoms with Gasteiger partial charge in [0, 0.05) is 65.8 Å². The predicted molar refractivity (Wildman–Crippen MR) is 242 cm³/mol. The molecule has 0 aliphatic rings. The van der Waals surface area contributed by atoms with Gasteiger partial charge in [-0.3, -0.25) is 14.2 Å². The standard InChI is InChI=1S/C26H21N3O3.C23H28N6O/c30-20-10-6-18(7-11-20)15-23-26(32)29-16-24(19-8-12-21(31)13-9-19)27-22(25(29)28-23)14-17-4-2-1-3-5-17;1-3-14(2)21-23(30)29-13-19(16-12-26-17-9-5-4-8-15(16)17)27-18(22(29)28-21)10-6-7-11-20(24)25/h1-13,16,30-32H,14-15H2;4-5,8-9,12-14,26,30H,3,6-7,10-11H2,1-2H3,(H3,24,25)/t;14-/m.0/s1. The lowest BCUT2D eigenvalue weighted by atomic mass is 10.1. The molecule has 62 heavy (non-hydrogen) atoms. The molecular weight excluding hydrogens is 779 g/mol. The fourth-order valence-corrected chi connectivity index (χ4v) is 7.58. The minimum Gasteiger partial charge on any atom is -0.508 e. The highest BCUT2D eigenvalue weighted by Crippen LogP contribution is 2.34. The summed E-state index contributed by atoms with van der Waals surface area (Å²) in [6.07, 6.45) is 10.4. The number of hydrogen-bond donors (Lipinski definition) is 7. The van der Waals surface area contributed by atoms with Crippen molar-refractivity contribution < 1.29 is 20.4 Å². The summed E-state index contributed by atoms with van der Waals surface area (Å²) >= 11 is 0. The van der Waals surface area contributed by atoms with Crippen LogP contribution in [0.2, 0.25) is 0 Å². The number of aryl methyl sites for hydroxylation is 1. The second kappa shape index (κ2) is 17.9. The summed E-state index contributed by atoms with van der Waals surface area (Å²) in [5.74, 6) is 0.990. The molecule has 0 aliphatic carbocycles. The first kappa shape index (κ1) is 41.1. The molecule has 0 fully saturated rings. The summed E-state index contributed by atoms with van der Waals surface area (Å²) in [4.78, 5) is 22.6. The highest BCUT2D eigenvalue weighted by molar-refractivity contribution is 5.94. The maximum Gasteiger partial charge on any atom is 0.219 e. The van der Waals surface area contributed by atoms with E-state index in [9.17, 15) is 20.4 Å². The van der Waals surface area contributed by atoms with Crippen molar-refractivity contribution in [2.75, 3.05) is 0 Å². The third-order valence-corrected chi connectivity index (χ3v) is 11.1. The molecule has 0 aliphatic heterocycles. The number of hydrogen-bond acceptors (Lipinski definition) is 9. The van der Waals surface area contributed by atoms with E-state index in [-0.39, 0.29) is 35.0 Å². The Balaban J connectivity index is 0.000000171. The molecule has 13 nitrogen and oxygen atoms in total. The van der Waals surface area contributed by atoms with Gasteiger partial charge in [0.05, 0.1) is 28.6 Å². The normalized spacial score (nSPS) is 11.8. The first-order valence-corrected chi connectivity index (χ1v) is 20.8. The van der Waals surface area contributed by atoms with Gasteiger partial charge in [-0.15, -0.1) is 0 Å². The first-order chi connectivity index (χ1) is 30.1. The van der Waals surface area contributed by atoms with E-state index in [0.717, 1.165) is 69.5 Å². The lowest BCUT2D eigenvalue weighted by molar-refractivity contribution is 0.435. The number of imidazole rings is 2. The number of nitrogens with two attached hydrogens (primary N) is 1. The smallest absolute Gasteiger partial charge is 0.219 e. The second-order valence-electron chi connectivity index (χ2n) is 15.6. The predicted octanol–water partition coefficient (Wildman–Crippen LogP) is 9.44. The summed E-state index contributed by atoms with van der Waals surface area (Å²) in [5, 5.41) is 49.6. The van der Waals surface area contributed by atoms with Gasteiger partial charge in [-0.05, 0) is 79.3 Å². The molecule has 0 bridgehead atoms. The van der Waals surface area contributed by atoms with Crippen LogP contribution < -0.4 is 5.73 Å². The number of para-hydroxylation sites is 1. The number of phenolic OH excluding ortho intramolecular Hbond substituents is 2. The molecule has 1 atom stereocenters. The van der Waals surface area contributed by atoms with Crippen molar-refractivity contribution in [2.24, 2.45) is 5.73 Å². The Bertz CT molecular complexity index is 2990. The SMILES string of the molecule is CC[C@H](C)c1nc2c(CCCCC(=N)N)nc(-c3c[nH]c4ccccc34)cn2c1O.Oc1ccc(Cc2nc3c(Cc4ccccc4)nc(-c4ccc(O)cc4)cn3c2O)cc1. The van der Waals surface area contributed by atoms with Gasteiger partial charge in [0.2, 0.25) is 11.8 Å². The van der Waals surface area contributed by atoms with Crippen molar-refractivity contribution in [1.82, 2.24) is 33.7 Å². The molecule has 9 rings (SSSR count). The fourth-order valence-electron chi connectivity index (χ4n) is 7.58. The molecule has 0 saturated heterocycles. The zero-order chi connectivity index (χ0) is 43.3. The first-order valence-electron chi connectivity index (χ1n) is 20.8. The third kappa shape index (κ3) is 8.78. The zero-order valence-electron chi connectivity index (χ0n) is 34.6. The van der Waals surface area contributed by atoms with Gasteiger partial charge in [0.15, 0.2) is 11.3 Å². The molecule has 9 aromatic rings. The highest BCUT2D eigenvalue weighted by atomic mass is 16.3. The molecule has 13 heteroatoms. The number of H-pyrrole nitrogens is 1. The molecule has 0 radical (unpaired) electrons. The number of rotatable bonds is 13. The van der Waals surface area contributed by atoms with Gasteiger partial charge in [-0.25, -0.2) is 19.9 Å². The minimum absolute atomic E-state index is 0.0600. The van der Waals surface area contributed by atoms with Crippen LogP contribution in [-0.4, -0.2) is 60.0 Å². The van der Waals surface area contributed by atoms with Crippen LogP contribution in [0.25, 0.3) is 44.7 Å². The van der Waals surface area contributed by atoms with Crippen LogP contribution in [-0.2, 0) is 19.3 Å². The largest absolute Gasteiger partial charge is 0.508 e. The van der Waals surface area contributed by atoms with E-state index in [2.05, 4.69) is 24.9 Å². The number of nitrogens with zero attached hydrogens (tertiary/aromatic N) is 6. The number of amidine groups is 1. The molecule has 0 unspecified atom stereocenters. The average Bonchev–Trinajstić information content (AvgIpc) is 3.96. The van der Waals surface area contributed by atoms with Crippen LogP contribution in [0.5, 0.6) is 23.3 Å². The van der Waals surface area contributed by atoms with Crippen molar-refractivity contribution in [3.05, 3.63) is 156 Å². The molecule has 0 spiro atoms. The van der Waals surface area contributed by atoms with E-state index in [0.29, 0.717) is 54.1 Å². The monoisotopic (exact) mass is 827 g/mol. The highest BCUT2D eigenvalue weighted by Gasteiger charge is 2.22. The number of nitrogens with one attached hydrogen (secondary N) is 2.